The first kappa shape index (κ1) is 23.3. The molecule has 2 atom stereocenters. The molecule has 2 aromatic rings. The fourth-order valence-corrected chi connectivity index (χ4v) is 3.83. The number of benzene rings is 1. The number of rotatable bonds is 5. The normalized spacial score (nSPS) is 19.7. The first-order chi connectivity index (χ1) is 14.4. The van der Waals surface area contributed by atoms with Gasteiger partial charge < -0.3 is 15.4 Å². The zero-order valence-electron chi connectivity index (χ0n) is 17.9. The van der Waals surface area contributed by atoms with Crippen LogP contribution in [-0.2, 0) is 0 Å². The van der Waals surface area contributed by atoms with E-state index in [1.807, 2.05) is 26.0 Å². The topological polar surface area (TPSA) is 103 Å². The Morgan fingerprint density at radius 2 is 1.81 bits per heavy atom. The maximum Gasteiger partial charge on any atom is 0.315 e. The van der Waals surface area contributed by atoms with Crippen LogP contribution in [0.3, 0.4) is 0 Å². The molecule has 0 saturated heterocycles. The number of amides is 2. The minimum atomic E-state index is -0.135. The summed E-state index contributed by atoms with van der Waals surface area (Å²) in [4.78, 5) is 12.2. The number of nitrogens with one attached hydrogen (secondary N) is 4. The van der Waals surface area contributed by atoms with Crippen LogP contribution in [0, 0.1) is 16.7 Å². The van der Waals surface area contributed by atoms with Crippen LogP contribution in [0.25, 0.3) is 0 Å². The summed E-state index contributed by atoms with van der Waals surface area (Å²) in [6.07, 6.45) is 5.28. The van der Waals surface area contributed by atoms with Gasteiger partial charge in [-0.25, -0.2) is 4.79 Å². The molecule has 0 bridgehead atoms. The van der Waals surface area contributed by atoms with Crippen molar-refractivity contribution in [2.24, 2.45) is 5.92 Å². The van der Waals surface area contributed by atoms with E-state index >= 15 is 0 Å². The second-order valence-electron chi connectivity index (χ2n) is 8.42. The summed E-state index contributed by atoms with van der Waals surface area (Å²) in [5.41, 5.74) is 2.41. The van der Waals surface area contributed by atoms with Gasteiger partial charge in [-0.05, 0) is 48.9 Å². The molecule has 4 N–H and O–H groups in total. The largest absolute Gasteiger partial charge is 0.484 e. The van der Waals surface area contributed by atoms with Crippen LogP contribution < -0.4 is 20.9 Å². The van der Waals surface area contributed by atoms with Gasteiger partial charge in [0.2, 0.25) is 0 Å². The Kier molecular flexibility index (Phi) is 7.40. The van der Waals surface area contributed by atoms with Crippen LogP contribution in [0.15, 0.2) is 42.6 Å². The van der Waals surface area contributed by atoms with Crippen molar-refractivity contribution in [2.45, 2.75) is 57.7 Å². The molecule has 2 amide bonds. The Hall–Kier alpha value is -2.36. The molecule has 2 aliphatic rings. The molecule has 0 aliphatic heterocycles. The summed E-state index contributed by atoms with van der Waals surface area (Å²) < 4.78 is 7.86. The van der Waals surface area contributed by atoms with Gasteiger partial charge in [-0.15, -0.1) is 24.0 Å². The van der Waals surface area contributed by atoms with Crippen molar-refractivity contribution in [1.29, 1.82) is 10.8 Å². The minimum Gasteiger partial charge on any atom is -0.484 e. The Balaban J connectivity index is 0.00000181. The fourth-order valence-electron chi connectivity index (χ4n) is 3.83. The molecule has 31 heavy (non-hydrogen) atoms. The molecule has 7 nitrogen and oxygen atoms in total. The molecule has 1 aromatic heterocycles. The molecular weight excluding hydrogens is 505 g/mol. The molecule has 1 saturated carbocycles. The first-order valence-corrected chi connectivity index (χ1v) is 10.6. The zero-order chi connectivity index (χ0) is 21.3. The highest BCUT2D eigenvalue weighted by Crippen LogP contribution is 2.38. The van der Waals surface area contributed by atoms with Gasteiger partial charge >= 0.3 is 6.03 Å². The van der Waals surface area contributed by atoms with Crippen molar-refractivity contribution in [2.75, 3.05) is 0 Å². The molecule has 1 heterocycles. The van der Waals surface area contributed by atoms with E-state index in [0.717, 1.165) is 36.8 Å². The Labute approximate surface area is 202 Å². The van der Waals surface area contributed by atoms with E-state index < -0.39 is 0 Å². The Bertz CT molecular complexity index is 1030. The summed E-state index contributed by atoms with van der Waals surface area (Å²) in [7, 11) is 0. The van der Waals surface area contributed by atoms with E-state index in [-0.39, 0.29) is 56.4 Å². The van der Waals surface area contributed by atoms with E-state index in [0.29, 0.717) is 17.6 Å². The molecule has 4 rings (SSSR count). The highest BCUT2D eigenvalue weighted by Gasteiger charge is 2.30. The third-order valence-corrected chi connectivity index (χ3v) is 5.66. The molecule has 0 radical (unpaired) electrons. The number of hydrogen-bond acceptors (Lipinski definition) is 4. The van der Waals surface area contributed by atoms with Crippen molar-refractivity contribution in [1.82, 2.24) is 15.2 Å². The van der Waals surface area contributed by atoms with Crippen LogP contribution in [-0.4, -0.2) is 22.5 Å². The summed E-state index contributed by atoms with van der Waals surface area (Å²) in [6.45, 7) is 3.87. The maximum absolute atomic E-state index is 12.2. The standard InChI is InChI=1S/C23H29N5O2.HI.2H2/c1-14(2)22(25)28-13-16(9-12-21(28)24)30-20-11-10-19(17-5-3-4-6-18(17)20)27-23(29)26-15-7-8-15;;;/h3-6,9,12-15,19-20,24-25H,7-8,10-11H2,1-2H3,(H2,26,27,29);3*1H/t19-,20-;;;/m0.../s1. The van der Waals surface area contributed by atoms with Crippen LogP contribution in [0.4, 0.5) is 4.79 Å². The van der Waals surface area contributed by atoms with Crippen molar-refractivity contribution >= 4 is 35.8 Å². The molecule has 0 spiro atoms. The SMILES string of the molecule is CC(C)C(=N)n1cc(O[C@H]2CC[C@H](NC(=O)NC3CC3)c3ccccc32)ccc1=N.I.[HH].[HH]. The molecule has 0 unspecified atom stereocenters. The van der Waals surface area contributed by atoms with E-state index in [2.05, 4.69) is 22.8 Å². The number of ether oxygens (including phenoxy) is 1. The third-order valence-electron chi connectivity index (χ3n) is 5.66. The van der Waals surface area contributed by atoms with E-state index in [1.54, 1.807) is 22.9 Å². The Morgan fingerprint density at radius 3 is 2.48 bits per heavy atom. The number of nitrogens with zero attached hydrogens (tertiary/aromatic N) is 1. The van der Waals surface area contributed by atoms with Gasteiger partial charge in [0.05, 0.1) is 12.2 Å². The third kappa shape index (κ3) is 5.47. The molecule has 1 fully saturated rings. The lowest BCUT2D eigenvalue weighted by Crippen LogP contribution is -2.40. The monoisotopic (exact) mass is 539 g/mol. The highest BCUT2D eigenvalue weighted by atomic mass is 127. The van der Waals surface area contributed by atoms with Crippen molar-refractivity contribution in [3.8, 4) is 5.75 Å². The number of aromatic nitrogens is 1. The van der Waals surface area contributed by atoms with Gasteiger partial charge in [-0.3, -0.25) is 15.4 Å². The minimum absolute atomic E-state index is 0. The molecular formula is C23H34IN5O2. The lowest BCUT2D eigenvalue weighted by Gasteiger charge is -2.32. The van der Waals surface area contributed by atoms with Crippen LogP contribution in [0.1, 0.15) is 65.7 Å². The molecule has 2 aliphatic carbocycles. The van der Waals surface area contributed by atoms with Gasteiger partial charge in [0.15, 0.2) is 0 Å². The van der Waals surface area contributed by atoms with E-state index in [9.17, 15) is 4.79 Å². The summed E-state index contributed by atoms with van der Waals surface area (Å²) in [5.74, 6) is 1.01. The van der Waals surface area contributed by atoms with Gasteiger partial charge in [0, 0.05) is 14.8 Å². The van der Waals surface area contributed by atoms with Gasteiger partial charge in [-0.1, -0.05) is 38.1 Å². The average Bonchev–Trinajstić information content (AvgIpc) is 3.54. The second-order valence-corrected chi connectivity index (χ2v) is 8.42. The predicted octanol–water partition coefficient (Wildman–Crippen LogP) is 4.98. The first-order valence-electron chi connectivity index (χ1n) is 10.6. The lowest BCUT2D eigenvalue weighted by atomic mass is 9.85. The van der Waals surface area contributed by atoms with Crippen LogP contribution in [0.5, 0.6) is 5.75 Å². The Morgan fingerprint density at radius 1 is 1.10 bits per heavy atom. The highest BCUT2D eigenvalue weighted by molar-refractivity contribution is 14.0. The van der Waals surface area contributed by atoms with Gasteiger partial charge in [0.1, 0.15) is 23.2 Å². The molecule has 8 heteroatoms. The van der Waals surface area contributed by atoms with E-state index in [4.69, 9.17) is 15.6 Å². The number of pyridine rings is 1. The lowest BCUT2D eigenvalue weighted by molar-refractivity contribution is 0.170. The fraction of sp³-hybridized carbons (Fsp3) is 0.435. The van der Waals surface area contributed by atoms with Crippen LogP contribution in [0.2, 0.25) is 0 Å². The summed E-state index contributed by atoms with van der Waals surface area (Å²) in [5, 5.41) is 22.4. The van der Waals surface area contributed by atoms with Crippen molar-refractivity contribution < 1.29 is 12.4 Å². The van der Waals surface area contributed by atoms with Crippen molar-refractivity contribution in [3.63, 3.8) is 0 Å². The number of carbonyl (C=O) groups is 1. The molecule has 170 valence electrons. The number of urea groups is 1. The van der Waals surface area contributed by atoms with Gasteiger partial charge in [-0.2, -0.15) is 0 Å². The quantitative estimate of drug-likeness (QED) is 0.245. The van der Waals surface area contributed by atoms with Gasteiger partial charge in [0.25, 0.3) is 0 Å². The molecule has 1 aromatic carbocycles. The summed E-state index contributed by atoms with van der Waals surface area (Å²) >= 11 is 0. The second kappa shape index (κ2) is 9.84. The number of halogens is 1. The van der Waals surface area contributed by atoms with Crippen LogP contribution >= 0.6 is 24.0 Å². The average molecular weight is 539 g/mol. The smallest absolute Gasteiger partial charge is 0.315 e. The van der Waals surface area contributed by atoms with E-state index in [1.165, 1.54) is 0 Å². The summed E-state index contributed by atoms with van der Waals surface area (Å²) in [6, 6.07) is 11.7. The van der Waals surface area contributed by atoms with Crippen molar-refractivity contribution in [3.05, 3.63) is 59.2 Å². The predicted molar refractivity (Wildman–Crippen MR) is 134 cm³/mol. The number of fused-ring (bicyclic) bond motifs is 1. The zero-order valence-corrected chi connectivity index (χ0v) is 20.2. The number of carbonyl (C=O) groups excluding carboxylic acids is 1. The number of hydrogen-bond donors (Lipinski definition) is 4. The maximum atomic E-state index is 12.2.